The van der Waals surface area contributed by atoms with Crippen LogP contribution >= 0.6 is 0 Å². The number of rotatable bonds is 4. The van der Waals surface area contributed by atoms with Crippen molar-refractivity contribution in [1.82, 2.24) is 25.1 Å². The summed E-state index contributed by atoms with van der Waals surface area (Å²) in [5.74, 6) is 2.40. The molecule has 5 rings (SSSR count). The molecule has 0 aliphatic carbocycles. The quantitative estimate of drug-likeness (QED) is 0.729. The SMILES string of the molecule is c1cnc2cc(N3CCOCC3)nc(OC3CCN(c4ncn[nH]4)CC3)c2c1. The van der Waals surface area contributed by atoms with Crippen molar-refractivity contribution in [2.45, 2.75) is 18.9 Å². The lowest BCUT2D eigenvalue weighted by molar-refractivity contribution is 0.122. The highest BCUT2D eigenvalue weighted by molar-refractivity contribution is 5.85. The van der Waals surface area contributed by atoms with Crippen LogP contribution in [-0.2, 0) is 4.74 Å². The highest BCUT2D eigenvalue weighted by Gasteiger charge is 2.24. The Balaban J connectivity index is 1.36. The summed E-state index contributed by atoms with van der Waals surface area (Å²) in [6.07, 6.45) is 5.29. The molecule has 0 aromatic carbocycles. The third-order valence-electron chi connectivity index (χ3n) is 5.31. The third kappa shape index (κ3) is 3.45. The second-order valence-corrected chi connectivity index (χ2v) is 7.07. The molecule has 3 aromatic rings. The van der Waals surface area contributed by atoms with E-state index in [1.54, 1.807) is 0 Å². The Bertz CT molecular complexity index is 919. The van der Waals surface area contributed by atoms with Crippen molar-refractivity contribution in [2.24, 2.45) is 0 Å². The maximum Gasteiger partial charge on any atom is 0.225 e. The summed E-state index contributed by atoms with van der Waals surface area (Å²) in [7, 11) is 0. The molecule has 0 radical (unpaired) electrons. The van der Waals surface area contributed by atoms with Crippen molar-refractivity contribution in [3.63, 3.8) is 0 Å². The van der Waals surface area contributed by atoms with E-state index in [0.717, 1.165) is 74.9 Å². The minimum Gasteiger partial charge on any atom is -0.474 e. The number of piperidine rings is 1. The van der Waals surface area contributed by atoms with Gasteiger partial charge in [0.1, 0.15) is 18.2 Å². The van der Waals surface area contributed by atoms with E-state index in [-0.39, 0.29) is 6.10 Å². The monoisotopic (exact) mass is 381 g/mol. The van der Waals surface area contributed by atoms with E-state index in [1.165, 1.54) is 6.33 Å². The number of nitrogens with one attached hydrogen (secondary N) is 1. The molecular weight excluding hydrogens is 358 g/mol. The molecule has 0 saturated carbocycles. The van der Waals surface area contributed by atoms with Gasteiger partial charge in [0, 0.05) is 51.3 Å². The van der Waals surface area contributed by atoms with Gasteiger partial charge in [0.2, 0.25) is 11.8 Å². The molecule has 2 fully saturated rings. The van der Waals surface area contributed by atoms with Gasteiger partial charge in [-0.2, -0.15) is 15.1 Å². The van der Waals surface area contributed by atoms with Crippen LogP contribution < -0.4 is 14.5 Å². The Morgan fingerprint density at radius 1 is 1.07 bits per heavy atom. The van der Waals surface area contributed by atoms with Gasteiger partial charge in [0.25, 0.3) is 0 Å². The Morgan fingerprint density at radius 2 is 1.93 bits per heavy atom. The van der Waals surface area contributed by atoms with Crippen molar-refractivity contribution < 1.29 is 9.47 Å². The summed E-state index contributed by atoms with van der Waals surface area (Å²) in [6, 6.07) is 6.00. The first-order valence-corrected chi connectivity index (χ1v) is 9.72. The number of nitrogens with zero attached hydrogens (tertiary/aromatic N) is 6. The number of aromatic amines is 1. The van der Waals surface area contributed by atoms with Gasteiger partial charge in [-0.3, -0.25) is 4.98 Å². The average molecular weight is 381 g/mol. The zero-order valence-corrected chi connectivity index (χ0v) is 15.6. The second-order valence-electron chi connectivity index (χ2n) is 7.07. The first-order valence-electron chi connectivity index (χ1n) is 9.72. The molecule has 0 atom stereocenters. The molecule has 2 aliphatic heterocycles. The summed E-state index contributed by atoms with van der Waals surface area (Å²) >= 11 is 0. The molecule has 28 heavy (non-hydrogen) atoms. The fourth-order valence-electron chi connectivity index (χ4n) is 3.77. The molecule has 146 valence electrons. The second kappa shape index (κ2) is 7.59. The van der Waals surface area contributed by atoms with Crippen LogP contribution in [0.1, 0.15) is 12.8 Å². The summed E-state index contributed by atoms with van der Waals surface area (Å²) in [4.78, 5) is 18.1. The molecule has 2 aliphatic rings. The van der Waals surface area contributed by atoms with Gasteiger partial charge in [0.05, 0.1) is 24.1 Å². The molecule has 0 unspecified atom stereocenters. The number of hydrogen-bond donors (Lipinski definition) is 1. The lowest BCUT2D eigenvalue weighted by Gasteiger charge is -2.32. The molecule has 9 heteroatoms. The first-order chi connectivity index (χ1) is 13.9. The Morgan fingerprint density at radius 3 is 2.71 bits per heavy atom. The summed E-state index contributed by atoms with van der Waals surface area (Å²) in [6.45, 7) is 4.86. The van der Waals surface area contributed by atoms with Crippen LogP contribution in [0.25, 0.3) is 10.9 Å². The average Bonchev–Trinajstić information content (AvgIpc) is 3.30. The molecule has 5 heterocycles. The molecule has 9 nitrogen and oxygen atoms in total. The fourth-order valence-corrected chi connectivity index (χ4v) is 3.77. The van der Waals surface area contributed by atoms with Gasteiger partial charge < -0.3 is 19.3 Å². The van der Waals surface area contributed by atoms with E-state index < -0.39 is 0 Å². The number of H-pyrrole nitrogens is 1. The van der Waals surface area contributed by atoms with Gasteiger partial charge in [-0.25, -0.2) is 5.10 Å². The van der Waals surface area contributed by atoms with Gasteiger partial charge >= 0.3 is 0 Å². The Kier molecular flexibility index (Phi) is 4.66. The molecule has 2 saturated heterocycles. The molecule has 3 aromatic heterocycles. The molecule has 0 spiro atoms. The topological polar surface area (TPSA) is 92.3 Å². The first kappa shape index (κ1) is 17.2. The van der Waals surface area contributed by atoms with Crippen LogP contribution in [0.4, 0.5) is 11.8 Å². The smallest absolute Gasteiger partial charge is 0.225 e. The van der Waals surface area contributed by atoms with Crippen molar-refractivity contribution in [1.29, 1.82) is 0 Å². The number of fused-ring (bicyclic) bond motifs is 1. The van der Waals surface area contributed by atoms with E-state index in [1.807, 2.05) is 24.4 Å². The lowest BCUT2D eigenvalue weighted by atomic mass is 10.1. The molecule has 0 bridgehead atoms. The van der Waals surface area contributed by atoms with E-state index in [0.29, 0.717) is 5.88 Å². The van der Waals surface area contributed by atoms with E-state index in [2.05, 4.69) is 30.0 Å². The van der Waals surface area contributed by atoms with Crippen LogP contribution in [0.15, 0.2) is 30.7 Å². The van der Waals surface area contributed by atoms with Gasteiger partial charge in [-0.1, -0.05) is 0 Å². The number of pyridine rings is 2. The maximum atomic E-state index is 6.38. The largest absolute Gasteiger partial charge is 0.474 e. The van der Waals surface area contributed by atoms with Crippen LogP contribution in [-0.4, -0.2) is 70.6 Å². The van der Waals surface area contributed by atoms with Gasteiger partial charge in [0.15, 0.2) is 0 Å². The van der Waals surface area contributed by atoms with Crippen LogP contribution in [0.3, 0.4) is 0 Å². The zero-order chi connectivity index (χ0) is 18.8. The third-order valence-corrected chi connectivity index (χ3v) is 5.31. The van der Waals surface area contributed by atoms with E-state index >= 15 is 0 Å². The van der Waals surface area contributed by atoms with Crippen molar-refractivity contribution >= 4 is 22.7 Å². The predicted molar refractivity (Wildman–Crippen MR) is 105 cm³/mol. The number of hydrogen-bond acceptors (Lipinski definition) is 8. The minimum absolute atomic E-state index is 0.120. The molecule has 1 N–H and O–H groups in total. The minimum atomic E-state index is 0.120. The van der Waals surface area contributed by atoms with Crippen LogP contribution in [0.5, 0.6) is 5.88 Å². The number of anilines is 2. The van der Waals surface area contributed by atoms with Gasteiger partial charge in [-0.15, -0.1) is 0 Å². The fraction of sp³-hybridized carbons (Fsp3) is 0.474. The van der Waals surface area contributed by atoms with Crippen molar-refractivity contribution in [3.8, 4) is 5.88 Å². The zero-order valence-electron chi connectivity index (χ0n) is 15.6. The molecule has 0 amide bonds. The normalized spacial score (nSPS) is 18.6. The number of ether oxygens (including phenoxy) is 2. The standard InChI is InChI=1S/C19H23N7O2/c1-2-15-16(20-5-1)12-17(25-8-10-27-11-9-25)23-18(15)28-14-3-6-26(7-4-14)19-21-13-22-24-19/h1-2,5,12-14H,3-4,6-11H2,(H,21,22,24). The highest BCUT2D eigenvalue weighted by Crippen LogP contribution is 2.29. The predicted octanol–water partition coefficient (Wildman–Crippen LogP) is 1.63. The van der Waals surface area contributed by atoms with E-state index in [4.69, 9.17) is 14.5 Å². The van der Waals surface area contributed by atoms with Crippen molar-refractivity contribution in [3.05, 3.63) is 30.7 Å². The van der Waals surface area contributed by atoms with Crippen molar-refractivity contribution in [2.75, 3.05) is 49.2 Å². The number of morpholine rings is 1. The van der Waals surface area contributed by atoms with E-state index in [9.17, 15) is 0 Å². The highest BCUT2D eigenvalue weighted by atomic mass is 16.5. The van der Waals surface area contributed by atoms with Gasteiger partial charge in [-0.05, 0) is 12.1 Å². The molecular formula is C19H23N7O2. The summed E-state index contributed by atoms with van der Waals surface area (Å²) in [5.41, 5.74) is 0.910. The van der Waals surface area contributed by atoms with Crippen LogP contribution in [0.2, 0.25) is 0 Å². The summed E-state index contributed by atoms with van der Waals surface area (Å²) < 4.78 is 11.9. The summed E-state index contributed by atoms with van der Waals surface area (Å²) in [5, 5.41) is 7.82. The lowest BCUT2D eigenvalue weighted by Crippen LogP contribution is -2.39. The Hall–Kier alpha value is -2.94. The van der Waals surface area contributed by atoms with Crippen LogP contribution in [0, 0.1) is 0 Å². The Labute approximate surface area is 162 Å². The maximum absolute atomic E-state index is 6.38. The number of aromatic nitrogens is 5.